The van der Waals surface area contributed by atoms with Crippen LogP contribution in [0.1, 0.15) is 28.4 Å². The molecule has 3 rings (SSSR count). The third kappa shape index (κ3) is 4.67. The Hall–Kier alpha value is -2.39. The van der Waals surface area contributed by atoms with Gasteiger partial charge in [0, 0.05) is 28.8 Å². The van der Waals surface area contributed by atoms with Crippen LogP contribution in [0.4, 0.5) is 11.4 Å². The van der Waals surface area contributed by atoms with Gasteiger partial charge in [0.05, 0.1) is 18.5 Å². The predicted molar refractivity (Wildman–Crippen MR) is 121 cm³/mol. The maximum absolute atomic E-state index is 12.8. The van der Waals surface area contributed by atoms with Gasteiger partial charge in [0.2, 0.25) is 15.9 Å². The van der Waals surface area contributed by atoms with Crippen molar-refractivity contribution in [2.45, 2.75) is 26.3 Å². The quantitative estimate of drug-likeness (QED) is 0.692. The van der Waals surface area contributed by atoms with Crippen molar-refractivity contribution in [2.75, 3.05) is 29.5 Å². The first-order chi connectivity index (χ1) is 14.0. The summed E-state index contributed by atoms with van der Waals surface area (Å²) in [7, 11) is -1.82. The molecule has 9 heteroatoms. The van der Waals surface area contributed by atoms with E-state index >= 15 is 0 Å². The van der Waals surface area contributed by atoms with Gasteiger partial charge in [0.25, 0.3) is 5.91 Å². The van der Waals surface area contributed by atoms with E-state index in [9.17, 15) is 18.0 Å². The van der Waals surface area contributed by atoms with Crippen LogP contribution < -0.4 is 9.62 Å². The second-order valence-electron chi connectivity index (χ2n) is 7.62. The van der Waals surface area contributed by atoms with E-state index in [0.29, 0.717) is 23.4 Å². The van der Waals surface area contributed by atoms with Crippen LogP contribution in [0, 0.1) is 6.92 Å². The Kier molecular flexibility index (Phi) is 6.24. The van der Waals surface area contributed by atoms with Crippen molar-refractivity contribution in [3.8, 4) is 0 Å². The molecule has 0 saturated carbocycles. The summed E-state index contributed by atoms with van der Waals surface area (Å²) in [5, 5.41) is 2.82. The van der Waals surface area contributed by atoms with E-state index in [1.807, 2.05) is 26.0 Å². The SMILES string of the molecule is Cc1cc(Br)ccc1NC(=O)CN(C)C(=O)c1ccc2c(c1)CC(C)N2S(C)(=O)=O. The minimum atomic E-state index is -3.38. The molecular weight excluding hydrogens is 470 g/mol. The van der Waals surface area contributed by atoms with Crippen molar-refractivity contribution in [3.63, 3.8) is 0 Å². The number of sulfonamides is 1. The molecule has 2 aromatic rings. The zero-order chi connectivity index (χ0) is 22.2. The van der Waals surface area contributed by atoms with Crippen LogP contribution in [0.5, 0.6) is 0 Å². The highest BCUT2D eigenvalue weighted by Gasteiger charge is 2.33. The number of anilines is 2. The first-order valence-corrected chi connectivity index (χ1v) is 12.1. The Morgan fingerprint density at radius 3 is 2.57 bits per heavy atom. The molecule has 1 atom stereocenters. The standard InChI is InChI=1S/C21H24BrN3O4S/c1-13-9-17(22)6-7-18(13)23-20(26)12-24(3)21(27)15-5-8-19-16(11-15)10-14(2)25(19)30(4,28)29/h5-9,11,14H,10,12H2,1-4H3,(H,23,26). The molecule has 1 aliphatic heterocycles. The molecule has 160 valence electrons. The van der Waals surface area contributed by atoms with Crippen molar-refractivity contribution in [1.82, 2.24) is 4.90 Å². The molecule has 1 unspecified atom stereocenters. The number of benzene rings is 2. The van der Waals surface area contributed by atoms with E-state index in [0.717, 1.165) is 15.6 Å². The minimum absolute atomic E-state index is 0.0999. The zero-order valence-electron chi connectivity index (χ0n) is 17.3. The lowest BCUT2D eigenvalue weighted by atomic mass is 10.1. The molecule has 0 spiro atoms. The Morgan fingerprint density at radius 2 is 1.93 bits per heavy atom. The van der Waals surface area contributed by atoms with Crippen LogP contribution in [0.3, 0.4) is 0 Å². The van der Waals surface area contributed by atoms with Crippen molar-refractivity contribution in [1.29, 1.82) is 0 Å². The molecule has 1 heterocycles. The predicted octanol–water partition coefficient (Wildman–Crippen LogP) is 3.18. The second kappa shape index (κ2) is 8.39. The number of carbonyl (C=O) groups is 2. The normalized spacial score (nSPS) is 15.6. The van der Waals surface area contributed by atoms with Gasteiger partial charge in [-0.25, -0.2) is 8.42 Å². The molecular formula is C21H24BrN3O4S. The number of halogens is 1. The number of rotatable bonds is 5. The van der Waals surface area contributed by atoms with Crippen LogP contribution in [-0.2, 0) is 21.2 Å². The molecule has 1 N–H and O–H groups in total. The third-order valence-electron chi connectivity index (χ3n) is 5.03. The summed E-state index contributed by atoms with van der Waals surface area (Å²) in [5.41, 5.74) is 3.44. The highest BCUT2D eigenvalue weighted by atomic mass is 79.9. The van der Waals surface area contributed by atoms with Gasteiger partial charge in [-0.15, -0.1) is 0 Å². The van der Waals surface area contributed by atoms with E-state index in [1.54, 1.807) is 31.3 Å². The largest absolute Gasteiger partial charge is 0.332 e. The third-order valence-corrected chi connectivity index (χ3v) is 6.79. The molecule has 0 aromatic heterocycles. The summed E-state index contributed by atoms with van der Waals surface area (Å²) in [6.45, 7) is 3.63. The Labute approximate surface area is 185 Å². The summed E-state index contributed by atoms with van der Waals surface area (Å²) >= 11 is 3.39. The molecule has 0 bridgehead atoms. The summed E-state index contributed by atoms with van der Waals surface area (Å²) in [4.78, 5) is 26.5. The van der Waals surface area contributed by atoms with E-state index in [1.165, 1.54) is 15.5 Å². The van der Waals surface area contributed by atoms with E-state index in [-0.39, 0.29) is 24.4 Å². The van der Waals surface area contributed by atoms with Gasteiger partial charge in [-0.2, -0.15) is 0 Å². The number of hydrogen-bond acceptors (Lipinski definition) is 4. The van der Waals surface area contributed by atoms with Gasteiger partial charge in [-0.05, 0) is 67.8 Å². The number of fused-ring (bicyclic) bond motifs is 1. The Bertz CT molecular complexity index is 1120. The highest BCUT2D eigenvalue weighted by Crippen LogP contribution is 2.34. The Morgan fingerprint density at radius 1 is 1.23 bits per heavy atom. The second-order valence-corrected chi connectivity index (χ2v) is 10.4. The number of aryl methyl sites for hydroxylation is 1. The van der Waals surface area contributed by atoms with Crippen molar-refractivity contribution < 1.29 is 18.0 Å². The number of amides is 2. The molecule has 2 aromatic carbocycles. The number of hydrogen-bond donors (Lipinski definition) is 1. The first kappa shape index (κ1) is 22.3. The summed E-state index contributed by atoms with van der Waals surface area (Å²) in [6.07, 6.45) is 1.72. The van der Waals surface area contributed by atoms with Gasteiger partial charge in [0.15, 0.2) is 0 Å². The fourth-order valence-corrected chi connectivity index (χ4v) is 5.45. The van der Waals surface area contributed by atoms with Crippen LogP contribution >= 0.6 is 15.9 Å². The fraction of sp³-hybridized carbons (Fsp3) is 0.333. The molecule has 2 amide bonds. The number of likely N-dealkylation sites (N-methyl/N-ethyl adjacent to an activating group) is 1. The molecule has 30 heavy (non-hydrogen) atoms. The lowest BCUT2D eigenvalue weighted by Gasteiger charge is -2.22. The van der Waals surface area contributed by atoms with E-state index < -0.39 is 10.0 Å². The average Bonchev–Trinajstić information content (AvgIpc) is 2.98. The number of carbonyl (C=O) groups excluding carboxylic acids is 2. The summed E-state index contributed by atoms with van der Waals surface area (Å²) < 4.78 is 26.4. The van der Waals surface area contributed by atoms with Gasteiger partial charge in [-0.3, -0.25) is 13.9 Å². The van der Waals surface area contributed by atoms with Crippen LogP contribution in [0.2, 0.25) is 0 Å². The van der Waals surface area contributed by atoms with Crippen molar-refractivity contribution in [3.05, 3.63) is 57.6 Å². The van der Waals surface area contributed by atoms with Gasteiger partial charge in [0.1, 0.15) is 0 Å². The zero-order valence-corrected chi connectivity index (χ0v) is 19.7. The average molecular weight is 494 g/mol. The smallest absolute Gasteiger partial charge is 0.254 e. The monoisotopic (exact) mass is 493 g/mol. The van der Waals surface area contributed by atoms with Gasteiger partial charge < -0.3 is 10.2 Å². The maximum Gasteiger partial charge on any atom is 0.254 e. The highest BCUT2D eigenvalue weighted by molar-refractivity contribution is 9.10. The first-order valence-electron chi connectivity index (χ1n) is 9.41. The van der Waals surface area contributed by atoms with Crippen LogP contribution in [-0.4, -0.2) is 51.0 Å². The van der Waals surface area contributed by atoms with Crippen molar-refractivity contribution >= 4 is 49.1 Å². The maximum atomic E-state index is 12.8. The molecule has 0 aliphatic carbocycles. The summed E-state index contributed by atoms with van der Waals surface area (Å²) in [6, 6.07) is 10.3. The molecule has 0 fully saturated rings. The fourth-order valence-electron chi connectivity index (χ4n) is 3.71. The lowest BCUT2D eigenvalue weighted by Crippen LogP contribution is -2.35. The molecule has 0 radical (unpaired) electrons. The number of nitrogens with one attached hydrogen (secondary N) is 1. The molecule has 1 aliphatic rings. The molecule has 7 nitrogen and oxygen atoms in total. The van der Waals surface area contributed by atoms with Gasteiger partial charge in [-0.1, -0.05) is 15.9 Å². The van der Waals surface area contributed by atoms with E-state index in [2.05, 4.69) is 21.2 Å². The summed E-state index contributed by atoms with van der Waals surface area (Å²) in [5.74, 6) is -0.597. The molecule has 0 saturated heterocycles. The Balaban J connectivity index is 1.71. The minimum Gasteiger partial charge on any atom is -0.332 e. The van der Waals surface area contributed by atoms with Gasteiger partial charge >= 0.3 is 0 Å². The van der Waals surface area contributed by atoms with Crippen LogP contribution in [0.15, 0.2) is 40.9 Å². The lowest BCUT2D eigenvalue weighted by molar-refractivity contribution is -0.116. The van der Waals surface area contributed by atoms with E-state index in [4.69, 9.17) is 0 Å². The van der Waals surface area contributed by atoms with Crippen LogP contribution in [0.25, 0.3) is 0 Å². The van der Waals surface area contributed by atoms with Crippen molar-refractivity contribution in [2.24, 2.45) is 0 Å². The topological polar surface area (TPSA) is 86.8 Å². The number of nitrogens with zero attached hydrogens (tertiary/aromatic N) is 2.